The number of carbonyl (C=O) groups is 2. The second kappa shape index (κ2) is 15.6. The number of hydrogen-bond donors (Lipinski definition) is 3. The summed E-state index contributed by atoms with van der Waals surface area (Å²) in [4.78, 5) is 54.4. The van der Waals surface area contributed by atoms with Crippen molar-refractivity contribution in [1.29, 1.82) is 0 Å². The van der Waals surface area contributed by atoms with Crippen LogP contribution in [0.15, 0.2) is 47.4 Å². The number of benzene rings is 2. The van der Waals surface area contributed by atoms with Crippen molar-refractivity contribution >= 4 is 74.0 Å². The van der Waals surface area contributed by atoms with E-state index in [4.69, 9.17) is 26.4 Å². The summed E-state index contributed by atoms with van der Waals surface area (Å²) in [5.74, 6) is -2.65. The predicted molar refractivity (Wildman–Crippen MR) is 241 cm³/mol. The third-order valence-electron chi connectivity index (χ3n) is 14.8. The van der Waals surface area contributed by atoms with Crippen LogP contribution in [0.4, 0.5) is 37.6 Å². The molecule has 336 valence electrons. The lowest BCUT2D eigenvalue weighted by Gasteiger charge is -2.55. The normalized spacial score (nSPS) is 23.6. The van der Waals surface area contributed by atoms with E-state index in [-0.39, 0.29) is 29.2 Å². The van der Waals surface area contributed by atoms with Crippen LogP contribution in [0.1, 0.15) is 63.0 Å². The summed E-state index contributed by atoms with van der Waals surface area (Å²) >= 11 is 6.65. The number of amides is 2. The number of fused-ring (bicyclic) bond motifs is 4. The third-order valence-corrected chi connectivity index (χ3v) is 15.1. The third kappa shape index (κ3) is 7.28. The number of piperazine rings is 1. The SMILES string of the molecule is Cn1nc(C2CCC(=O)NC2=O)c2cccc(N3CC4(CCC(CN5CCN(c6ncc(Cl)c(Nc7ccc8c(c7)c7c(c(=O)n8C)OCC(F)(F)[C@H](C8CC8)N7)n6)CC5)CC4)C3)c21. The van der Waals surface area contributed by atoms with Gasteiger partial charge in [-0.05, 0) is 81.0 Å². The van der Waals surface area contributed by atoms with E-state index in [1.165, 1.54) is 30.3 Å². The summed E-state index contributed by atoms with van der Waals surface area (Å²) in [5.41, 5.74) is 4.30. The van der Waals surface area contributed by atoms with E-state index >= 15 is 8.78 Å². The highest BCUT2D eigenvalue weighted by Gasteiger charge is 2.51. The van der Waals surface area contributed by atoms with Gasteiger partial charge in [0.25, 0.3) is 5.56 Å². The zero-order chi connectivity index (χ0) is 44.1. The number of rotatable bonds is 8. The first-order valence-electron chi connectivity index (χ1n) is 22.6. The van der Waals surface area contributed by atoms with Crippen molar-refractivity contribution in [2.45, 2.75) is 69.2 Å². The molecule has 6 aliphatic rings. The molecule has 7 heterocycles. The summed E-state index contributed by atoms with van der Waals surface area (Å²) in [6, 6.07) is 10.6. The highest BCUT2D eigenvalue weighted by molar-refractivity contribution is 6.33. The maximum Gasteiger partial charge on any atom is 0.301 e. The van der Waals surface area contributed by atoms with Crippen molar-refractivity contribution in [3.8, 4) is 5.75 Å². The Hall–Kier alpha value is -5.55. The molecule has 2 atom stereocenters. The van der Waals surface area contributed by atoms with E-state index in [9.17, 15) is 14.4 Å². The molecule has 2 aromatic carbocycles. The molecule has 3 saturated heterocycles. The molecule has 18 heteroatoms. The fourth-order valence-corrected chi connectivity index (χ4v) is 11.2. The van der Waals surface area contributed by atoms with Crippen LogP contribution in [-0.2, 0) is 23.7 Å². The number of nitrogens with zero attached hydrogens (tertiary/aromatic N) is 8. The maximum atomic E-state index is 15.2. The number of carbonyl (C=O) groups excluding carboxylic acids is 2. The molecule has 3 N–H and O–H groups in total. The summed E-state index contributed by atoms with van der Waals surface area (Å²) in [6.45, 7) is 5.65. The monoisotopic (exact) mass is 895 g/mol. The van der Waals surface area contributed by atoms with Crippen molar-refractivity contribution in [3.63, 3.8) is 0 Å². The lowest BCUT2D eigenvalue weighted by atomic mass is 9.65. The second-order valence-electron chi connectivity index (χ2n) is 19.1. The Bertz CT molecular complexity index is 2750. The highest BCUT2D eigenvalue weighted by atomic mass is 35.5. The van der Waals surface area contributed by atoms with Gasteiger partial charge in [0.15, 0.2) is 12.4 Å². The molecule has 4 aliphatic heterocycles. The van der Waals surface area contributed by atoms with Crippen molar-refractivity contribution in [2.24, 2.45) is 31.3 Å². The molecule has 5 fully saturated rings. The van der Waals surface area contributed by atoms with Gasteiger partial charge in [0.2, 0.25) is 23.5 Å². The first-order chi connectivity index (χ1) is 30.8. The first kappa shape index (κ1) is 41.2. The zero-order valence-corrected chi connectivity index (χ0v) is 36.8. The zero-order valence-electron chi connectivity index (χ0n) is 36.0. The fraction of sp³-hybridized carbons (Fsp3) is 0.522. The van der Waals surface area contributed by atoms with Crippen molar-refractivity contribution in [2.75, 3.05) is 72.9 Å². The lowest BCUT2D eigenvalue weighted by molar-refractivity contribution is -0.134. The van der Waals surface area contributed by atoms with Crippen LogP contribution < -0.4 is 36.0 Å². The minimum absolute atomic E-state index is 0.102. The van der Waals surface area contributed by atoms with E-state index in [1.54, 1.807) is 19.3 Å². The van der Waals surface area contributed by atoms with Crippen molar-refractivity contribution < 1.29 is 23.1 Å². The van der Waals surface area contributed by atoms with Gasteiger partial charge in [-0.1, -0.05) is 23.7 Å². The number of imide groups is 1. The molecule has 3 aromatic heterocycles. The van der Waals surface area contributed by atoms with Crippen LogP contribution >= 0.6 is 11.6 Å². The second-order valence-corrected chi connectivity index (χ2v) is 19.5. The maximum absolute atomic E-state index is 15.2. The minimum Gasteiger partial charge on any atom is -0.480 e. The Morgan fingerprint density at radius 3 is 2.48 bits per heavy atom. The van der Waals surface area contributed by atoms with Gasteiger partial charge in [-0.25, -0.2) is 13.8 Å². The Morgan fingerprint density at radius 1 is 0.953 bits per heavy atom. The van der Waals surface area contributed by atoms with Gasteiger partial charge < -0.3 is 29.7 Å². The fourth-order valence-electron chi connectivity index (χ4n) is 11.0. The number of halogens is 3. The molecule has 2 saturated carbocycles. The van der Waals surface area contributed by atoms with Crippen LogP contribution in [0.5, 0.6) is 5.75 Å². The Kier molecular flexibility index (Phi) is 10.0. The van der Waals surface area contributed by atoms with Gasteiger partial charge in [-0.15, -0.1) is 0 Å². The standard InChI is InChI=1S/C46H52ClF2N11O4/c1-56-33-10-8-28(20-31(33)37-39(43(56)63)64-25-46(48,49)40(53-37)27-6-7-27)51-41-32(47)21-50-44(54-41)59-18-16-58(17-19-59)22-26-12-14-45(15-13-26)23-60(24-45)34-5-3-4-29-36(55-57(2)38(29)34)30-9-11-35(61)52-42(30)62/h3-5,8,10,20-21,26-27,30,40,53H,6-7,9,11-19,22-25H2,1-2H3,(H,50,51,54)(H,52,61,62)/t30?,40-/m0/s1. The van der Waals surface area contributed by atoms with E-state index < -0.39 is 30.0 Å². The van der Waals surface area contributed by atoms with Gasteiger partial charge in [-0.3, -0.25) is 29.3 Å². The number of piperidine rings is 1. The van der Waals surface area contributed by atoms with E-state index in [1.807, 2.05) is 29.9 Å². The number of aryl methyl sites for hydroxylation is 2. The van der Waals surface area contributed by atoms with Crippen LogP contribution in [0.2, 0.25) is 5.02 Å². The summed E-state index contributed by atoms with van der Waals surface area (Å²) < 4.78 is 39.2. The van der Waals surface area contributed by atoms with E-state index in [0.717, 1.165) is 68.1 Å². The van der Waals surface area contributed by atoms with E-state index in [0.29, 0.717) is 70.4 Å². The molecule has 2 aliphatic carbocycles. The molecule has 1 unspecified atom stereocenters. The predicted octanol–water partition coefficient (Wildman–Crippen LogP) is 6.17. The Morgan fingerprint density at radius 2 is 1.73 bits per heavy atom. The first-order valence-corrected chi connectivity index (χ1v) is 23.0. The van der Waals surface area contributed by atoms with Gasteiger partial charge >= 0.3 is 5.92 Å². The molecule has 1 spiro atoms. The molecule has 0 radical (unpaired) electrons. The van der Waals surface area contributed by atoms with Crippen LogP contribution in [0.25, 0.3) is 21.8 Å². The smallest absolute Gasteiger partial charge is 0.301 e. The number of para-hydroxylation sites is 1. The van der Waals surface area contributed by atoms with E-state index in [2.05, 4.69) is 47.8 Å². The number of alkyl halides is 2. The van der Waals surface area contributed by atoms with Crippen LogP contribution in [-0.4, -0.2) is 105 Å². The Balaban J connectivity index is 0.703. The molecule has 15 nitrogen and oxygen atoms in total. The molecule has 2 amide bonds. The number of nitrogens with one attached hydrogen (secondary N) is 3. The molecular formula is C46H52ClF2N11O4. The van der Waals surface area contributed by atoms with Gasteiger partial charge in [0.1, 0.15) is 5.02 Å². The number of hydrogen-bond acceptors (Lipinski definition) is 12. The highest BCUT2D eigenvalue weighted by Crippen LogP contribution is 2.49. The number of ether oxygens (including phenoxy) is 1. The quantitative estimate of drug-likeness (QED) is 0.153. The molecule has 11 rings (SSSR count). The summed E-state index contributed by atoms with van der Waals surface area (Å²) in [6.07, 6.45) is 8.67. The summed E-state index contributed by atoms with van der Waals surface area (Å²) in [5, 5.41) is 15.6. The van der Waals surface area contributed by atoms with Gasteiger partial charge in [0.05, 0.1) is 46.3 Å². The van der Waals surface area contributed by atoms with Crippen molar-refractivity contribution in [3.05, 3.63) is 63.7 Å². The Labute approximate surface area is 373 Å². The largest absolute Gasteiger partial charge is 0.480 e. The molecular weight excluding hydrogens is 844 g/mol. The minimum atomic E-state index is -3.13. The number of aromatic nitrogens is 5. The van der Waals surface area contributed by atoms with Crippen LogP contribution in [0, 0.1) is 17.3 Å². The lowest BCUT2D eigenvalue weighted by Crippen LogP contribution is -2.58. The topological polar surface area (TPSA) is 155 Å². The molecule has 64 heavy (non-hydrogen) atoms. The average molecular weight is 896 g/mol. The average Bonchev–Trinajstić information content (AvgIpc) is 4.07. The number of anilines is 5. The van der Waals surface area contributed by atoms with Gasteiger partial charge in [-0.2, -0.15) is 10.1 Å². The van der Waals surface area contributed by atoms with Crippen LogP contribution in [0.3, 0.4) is 0 Å². The molecule has 0 bridgehead atoms. The van der Waals surface area contributed by atoms with Crippen molar-refractivity contribution in [1.82, 2.24) is 34.5 Å². The van der Waals surface area contributed by atoms with Gasteiger partial charge in [0, 0.05) is 88.2 Å². The number of pyridine rings is 1. The summed E-state index contributed by atoms with van der Waals surface area (Å²) in [7, 11) is 3.56. The molecule has 5 aromatic rings.